The zero-order valence-corrected chi connectivity index (χ0v) is 13.3. The number of carboxylic acid groups (broad SMARTS) is 1. The number of amides is 1. The van der Waals surface area contributed by atoms with E-state index in [4.69, 9.17) is 21.4 Å². The van der Waals surface area contributed by atoms with E-state index in [1.54, 1.807) is 38.1 Å². The fourth-order valence-electron chi connectivity index (χ4n) is 2.03. The fourth-order valence-corrected chi connectivity index (χ4v) is 3.31. The van der Waals surface area contributed by atoms with Crippen LogP contribution < -0.4 is 4.74 Å². The molecular formula is C14H16ClNO4S. The number of aliphatic carboxylic acids is 1. The van der Waals surface area contributed by atoms with E-state index in [0.717, 1.165) is 0 Å². The summed E-state index contributed by atoms with van der Waals surface area (Å²) in [5.74, 6) is -0.0524. The van der Waals surface area contributed by atoms with Crippen molar-refractivity contribution in [3.8, 4) is 5.75 Å². The third-order valence-electron chi connectivity index (χ3n) is 3.13. The molecule has 1 fully saturated rings. The molecule has 0 aliphatic carbocycles. The van der Waals surface area contributed by atoms with Crippen molar-refractivity contribution in [3.63, 3.8) is 0 Å². The highest BCUT2D eigenvalue weighted by atomic mass is 35.5. The molecule has 7 heteroatoms. The third kappa shape index (κ3) is 3.63. The quantitative estimate of drug-likeness (QED) is 0.919. The van der Waals surface area contributed by atoms with Crippen LogP contribution in [0.4, 0.5) is 0 Å². The molecular weight excluding hydrogens is 314 g/mol. The topological polar surface area (TPSA) is 66.8 Å². The Hall–Kier alpha value is -1.40. The zero-order valence-electron chi connectivity index (χ0n) is 11.7. The molecule has 1 aromatic rings. The fraction of sp³-hybridized carbons (Fsp3) is 0.429. The van der Waals surface area contributed by atoms with Crippen LogP contribution in [-0.2, 0) is 9.59 Å². The molecule has 1 atom stereocenters. The lowest BCUT2D eigenvalue weighted by atomic mass is 10.1. The summed E-state index contributed by atoms with van der Waals surface area (Å²) in [6.07, 6.45) is 0. The van der Waals surface area contributed by atoms with Gasteiger partial charge in [-0.1, -0.05) is 11.6 Å². The van der Waals surface area contributed by atoms with Crippen molar-refractivity contribution in [1.82, 2.24) is 4.90 Å². The largest absolute Gasteiger partial charge is 0.480 e. The van der Waals surface area contributed by atoms with E-state index in [1.807, 2.05) is 0 Å². The molecule has 5 nitrogen and oxygen atoms in total. The third-order valence-corrected chi connectivity index (χ3v) is 4.39. The van der Waals surface area contributed by atoms with Crippen LogP contribution in [0.2, 0.25) is 5.02 Å². The second kappa shape index (κ2) is 6.15. The van der Waals surface area contributed by atoms with Gasteiger partial charge in [-0.15, -0.1) is 11.8 Å². The maximum Gasteiger partial charge on any atom is 0.327 e. The first-order chi connectivity index (χ1) is 9.81. The van der Waals surface area contributed by atoms with Crippen molar-refractivity contribution < 1.29 is 19.4 Å². The number of hydrogen-bond donors (Lipinski definition) is 1. The molecule has 1 aliphatic rings. The van der Waals surface area contributed by atoms with E-state index in [0.29, 0.717) is 22.4 Å². The van der Waals surface area contributed by atoms with Crippen LogP contribution in [0.3, 0.4) is 0 Å². The highest BCUT2D eigenvalue weighted by Crippen LogP contribution is 2.27. The number of nitrogens with zero attached hydrogens (tertiary/aromatic N) is 1. The lowest BCUT2D eigenvalue weighted by molar-refractivity contribution is -0.154. The van der Waals surface area contributed by atoms with Crippen LogP contribution in [0.15, 0.2) is 24.3 Å². The zero-order chi connectivity index (χ0) is 15.6. The van der Waals surface area contributed by atoms with Gasteiger partial charge in [-0.2, -0.15) is 0 Å². The average molecular weight is 330 g/mol. The predicted octanol–water partition coefficient (Wildman–Crippen LogP) is 2.48. The molecule has 0 unspecified atom stereocenters. The van der Waals surface area contributed by atoms with Gasteiger partial charge in [-0.05, 0) is 38.1 Å². The van der Waals surface area contributed by atoms with Gasteiger partial charge >= 0.3 is 5.97 Å². The highest BCUT2D eigenvalue weighted by molar-refractivity contribution is 7.99. The van der Waals surface area contributed by atoms with Gasteiger partial charge in [-0.25, -0.2) is 4.79 Å². The first-order valence-corrected chi connectivity index (χ1v) is 7.91. The Morgan fingerprint density at radius 1 is 1.38 bits per heavy atom. The maximum atomic E-state index is 12.6. The van der Waals surface area contributed by atoms with Crippen molar-refractivity contribution in [2.45, 2.75) is 25.5 Å². The molecule has 0 bridgehead atoms. The predicted molar refractivity (Wildman–Crippen MR) is 81.8 cm³/mol. The van der Waals surface area contributed by atoms with Crippen molar-refractivity contribution in [2.24, 2.45) is 0 Å². The normalized spacial score (nSPS) is 18.6. The molecule has 1 heterocycles. The molecule has 1 aliphatic heterocycles. The van der Waals surface area contributed by atoms with Crippen molar-refractivity contribution >= 4 is 35.2 Å². The number of hydrogen-bond acceptors (Lipinski definition) is 4. The summed E-state index contributed by atoms with van der Waals surface area (Å²) in [5, 5.41) is 9.73. The van der Waals surface area contributed by atoms with Gasteiger partial charge < -0.3 is 14.7 Å². The number of halogens is 1. The lowest BCUT2D eigenvalue weighted by Crippen LogP contribution is -2.52. The van der Waals surface area contributed by atoms with Gasteiger partial charge in [0.2, 0.25) is 0 Å². The molecule has 0 aromatic heterocycles. The standard InChI is InChI=1S/C14H16ClNO4S/c1-14(2,20-10-5-3-9(15)4-6-10)13(19)16-8-21-7-11(16)12(17)18/h3-6,11H,7-8H2,1-2H3,(H,17,18)/t11-/m0/s1. The van der Waals surface area contributed by atoms with Crippen LogP contribution >= 0.6 is 23.4 Å². The highest BCUT2D eigenvalue weighted by Gasteiger charge is 2.42. The molecule has 21 heavy (non-hydrogen) atoms. The van der Waals surface area contributed by atoms with E-state index in [1.165, 1.54) is 16.7 Å². The van der Waals surface area contributed by atoms with E-state index < -0.39 is 17.6 Å². The minimum atomic E-state index is -1.15. The van der Waals surface area contributed by atoms with Crippen LogP contribution in [0.5, 0.6) is 5.75 Å². The Labute approximate surface area is 132 Å². The smallest absolute Gasteiger partial charge is 0.327 e. The summed E-state index contributed by atoms with van der Waals surface area (Å²) in [6.45, 7) is 3.26. The van der Waals surface area contributed by atoms with Crippen molar-refractivity contribution in [1.29, 1.82) is 0 Å². The molecule has 1 saturated heterocycles. The minimum Gasteiger partial charge on any atom is -0.480 e. The van der Waals surface area contributed by atoms with Gasteiger partial charge in [0, 0.05) is 10.8 Å². The Balaban J connectivity index is 2.12. The van der Waals surface area contributed by atoms with Crippen LogP contribution in [0.1, 0.15) is 13.8 Å². The number of benzene rings is 1. The lowest BCUT2D eigenvalue weighted by Gasteiger charge is -2.31. The molecule has 1 N–H and O–H groups in total. The van der Waals surface area contributed by atoms with Crippen molar-refractivity contribution in [3.05, 3.63) is 29.3 Å². The minimum absolute atomic E-state index is 0.338. The van der Waals surface area contributed by atoms with Crippen LogP contribution in [-0.4, -0.2) is 45.2 Å². The second-order valence-electron chi connectivity index (χ2n) is 5.20. The number of carbonyl (C=O) groups is 2. The van der Waals surface area contributed by atoms with Gasteiger partial charge in [0.05, 0.1) is 5.88 Å². The molecule has 1 amide bonds. The number of carbonyl (C=O) groups excluding carboxylic acids is 1. The number of ether oxygens (including phenoxy) is 1. The molecule has 1 aromatic carbocycles. The first kappa shape index (κ1) is 16.0. The summed E-state index contributed by atoms with van der Waals surface area (Å²) in [7, 11) is 0. The molecule has 0 radical (unpaired) electrons. The van der Waals surface area contributed by atoms with Crippen molar-refractivity contribution in [2.75, 3.05) is 11.6 Å². The number of thioether (sulfide) groups is 1. The Morgan fingerprint density at radius 2 is 2.00 bits per heavy atom. The van der Waals surface area contributed by atoms with E-state index >= 15 is 0 Å². The molecule has 2 rings (SSSR count). The van der Waals surface area contributed by atoms with E-state index in [2.05, 4.69) is 0 Å². The summed E-state index contributed by atoms with van der Waals surface area (Å²) >= 11 is 7.23. The van der Waals surface area contributed by atoms with E-state index in [-0.39, 0.29) is 5.91 Å². The monoisotopic (exact) mass is 329 g/mol. The summed E-state index contributed by atoms with van der Waals surface area (Å²) in [5.41, 5.74) is -1.15. The summed E-state index contributed by atoms with van der Waals surface area (Å²) in [4.78, 5) is 25.1. The molecule has 114 valence electrons. The van der Waals surface area contributed by atoms with Gasteiger partial charge in [0.25, 0.3) is 5.91 Å². The molecule has 0 spiro atoms. The first-order valence-electron chi connectivity index (χ1n) is 6.37. The van der Waals surface area contributed by atoms with E-state index in [9.17, 15) is 9.59 Å². The Morgan fingerprint density at radius 3 is 2.57 bits per heavy atom. The van der Waals surface area contributed by atoms with Gasteiger partial charge in [-0.3, -0.25) is 4.79 Å². The Bertz CT molecular complexity index is 546. The molecule has 0 saturated carbocycles. The van der Waals surface area contributed by atoms with Gasteiger partial charge in [0.15, 0.2) is 5.60 Å². The van der Waals surface area contributed by atoms with Gasteiger partial charge in [0.1, 0.15) is 11.8 Å². The SMILES string of the molecule is CC(C)(Oc1ccc(Cl)cc1)C(=O)N1CSC[C@H]1C(=O)O. The second-order valence-corrected chi connectivity index (χ2v) is 6.63. The van der Waals surface area contributed by atoms with Crippen LogP contribution in [0.25, 0.3) is 0 Å². The number of rotatable bonds is 4. The average Bonchev–Trinajstić information content (AvgIpc) is 2.89. The maximum absolute atomic E-state index is 12.6. The Kier molecular flexibility index (Phi) is 4.68. The number of carboxylic acids is 1. The van der Waals surface area contributed by atoms with Crippen LogP contribution in [0, 0.1) is 0 Å². The summed E-state index contributed by atoms with van der Waals surface area (Å²) < 4.78 is 5.71. The summed E-state index contributed by atoms with van der Waals surface area (Å²) in [6, 6.07) is 5.89.